The molecule has 0 bridgehead atoms. The molecule has 0 spiro atoms. The maximum Gasteiger partial charge on any atom is 0.410 e. The van der Waals surface area contributed by atoms with Crippen molar-refractivity contribution in [1.29, 1.82) is 0 Å². The van der Waals surface area contributed by atoms with Crippen molar-refractivity contribution in [3.8, 4) is 0 Å². The first kappa shape index (κ1) is 27.1. The summed E-state index contributed by atoms with van der Waals surface area (Å²) in [4.78, 5) is 13.8. The Balaban J connectivity index is 1.87. The second kappa shape index (κ2) is 10.3. The van der Waals surface area contributed by atoms with Gasteiger partial charge in [-0.1, -0.05) is 35.4 Å². The van der Waals surface area contributed by atoms with Crippen LogP contribution >= 0.6 is 0 Å². The maximum absolute atomic E-state index is 13.0. The van der Waals surface area contributed by atoms with Gasteiger partial charge in [0.15, 0.2) is 0 Å². The van der Waals surface area contributed by atoms with E-state index in [1.165, 1.54) is 29.2 Å². The second-order valence-corrected chi connectivity index (χ2v) is 12.7. The molecule has 35 heavy (non-hydrogen) atoms. The van der Waals surface area contributed by atoms with Crippen LogP contribution in [0.2, 0.25) is 0 Å². The molecule has 1 fully saturated rings. The lowest BCUT2D eigenvalue weighted by Crippen LogP contribution is -2.53. The van der Waals surface area contributed by atoms with Crippen molar-refractivity contribution < 1.29 is 34.7 Å². The number of hydrogen-bond acceptors (Lipinski definition) is 8. The summed E-state index contributed by atoms with van der Waals surface area (Å²) >= 11 is 0. The number of carbonyl (C=O) groups is 1. The van der Waals surface area contributed by atoms with Crippen LogP contribution in [-0.2, 0) is 33.3 Å². The fraction of sp³-hybridized carbons (Fsp3) is 0.458. The van der Waals surface area contributed by atoms with E-state index in [4.69, 9.17) is 13.1 Å². The summed E-state index contributed by atoms with van der Waals surface area (Å²) in [6.07, 6.45) is -3.04. The average Bonchev–Trinajstić information content (AvgIpc) is 2.74. The van der Waals surface area contributed by atoms with E-state index in [0.29, 0.717) is 0 Å². The Hall–Kier alpha value is -2.47. The molecule has 192 valence electrons. The number of aryl methyl sites for hydroxylation is 2. The van der Waals surface area contributed by atoms with Crippen molar-refractivity contribution in [2.45, 2.75) is 68.6 Å². The summed E-state index contributed by atoms with van der Waals surface area (Å²) in [6.45, 7) is 8.65. The van der Waals surface area contributed by atoms with E-state index in [-0.39, 0.29) is 29.3 Å². The standard InChI is InChI=1S/C24H31NO8S2/c1-17-6-10-19(11-7-17)34(27,28)32-21-14-15-25(23(26)31-24(3,4)5)16-22(21)33-35(29,30)20-12-8-18(2)9-13-20/h6-13,21-22H,14-16H2,1-5H3/t21-,22-/m1/s1. The third-order valence-electron chi connectivity index (χ3n) is 5.27. The normalized spacial score (nSPS) is 19.4. The molecule has 2 atom stereocenters. The van der Waals surface area contributed by atoms with Gasteiger partial charge in [-0.15, -0.1) is 0 Å². The van der Waals surface area contributed by atoms with Crippen LogP contribution in [0.15, 0.2) is 58.3 Å². The van der Waals surface area contributed by atoms with Gasteiger partial charge < -0.3 is 9.64 Å². The molecule has 0 N–H and O–H groups in total. The molecule has 0 radical (unpaired) electrons. The van der Waals surface area contributed by atoms with Crippen LogP contribution in [0.3, 0.4) is 0 Å². The summed E-state index contributed by atoms with van der Waals surface area (Å²) in [6, 6.07) is 12.2. The fourth-order valence-electron chi connectivity index (χ4n) is 3.44. The number of benzene rings is 2. The smallest absolute Gasteiger partial charge is 0.410 e. The molecule has 1 amide bonds. The molecule has 2 aromatic carbocycles. The number of amides is 1. The van der Waals surface area contributed by atoms with Gasteiger partial charge in [-0.2, -0.15) is 16.8 Å². The van der Waals surface area contributed by atoms with Crippen molar-refractivity contribution >= 4 is 26.3 Å². The molecule has 0 aliphatic carbocycles. The van der Waals surface area contributed by atoms with Crippen molar-refractivity contribution in [2.24, 2.45) is 0 Å². The number of likely N-dealkylation sites (tertiary alicyclic amines) is 1. The minimum Gasteiger partial charge on any atom is -0.444 e. The lowest BCUT2D eigenvalue weighted by atomic mass is 10.1. The highest BCUT2D eigenvalue weighted by Crippen LogP contribution is 2.27. The molecule has 9 nitrogen and oxygen atoms in total. The molecule has 1 saturated heterocycles. The van der Waals surface area contributed by atoms with E-state index in [1.54, 1.807) is 45.0 Å². The van der Waals surface area contributed by atoms with Crippen molar-refractivity contribution in [3.05, 3.63) is 59.7 Å². The van der Waals surface area contributed by atoms with Gasteiger partial charge in [0, 0.05) is 6.54 Å². The van der Waals surface area contributed by atoms with E-state index in [9.17, 15) is 21.6 Å². The summed E-state index contributed by atoms with van der Waals surface area (Å²) in [5.74, 6) is 0. The third kappa shape index (κ3) is 7.26. The Labute approximate surface area is 207 Å². The van der Waals surface area contributed by atoms with Crippen molar-refractivity contribution in [2.75, 3.05) is 13.1 Å². The highest BCUT2D eigenvalue weighted by molar-refractivity contribution is 7.87. The zero-order valence-electron chi connectivity index (χ0n) is 20.4. The van der Waals surface area contributed by atoms with Gasteiger partial charge in [0.05, 0.1) is 16.3 Å². The van der Waals surface area contributed by atoms with Crippen LogP contribution in [0.5, 0.6) is 0 Å². The third-order valence-corrected chi connectivity index (χ3v) is 7.97. The Morgan fingerprint density at radius 3 is 1.66 bits per heavy atom. The van der Waals surface area contributed by atoms with Crippen LogP contribution < -0.4 is 0 Å². The summed E-state index contributed by atoms with van der Waals surface area (Å²) in [7, 11) is -8.48. The first-order chi connectivity index (χ1) is 16.2. The van der Waals surface area contributed by atoms with E-state index in [1.807, 2.05) is 13.8 Å². The molecule has 1 aliphatic rings. The summed E-state index contributed by atoms with van der Waals surface area (Å²) in [5.41, 5.74) is 0.979. The van der Waals surface area contributed by atoms with Crippen LogP contribution in [-0.4, -0.2) is 58.7 Å². The number of piperidine rings is 1. The minimum atomic E-state index is -4.27. The van der Waals surface area contributed by atoms with Crippen LogP contribution in [0.25, 0.3) is 0 Å². The van der Waals surface area contributed by atoms with E-state index in [0.717, 1.165) is 11.1 Å². The van der Waals surface area contributed by atoms with Gasteiger partial charge in [0.25, 0.3) is 20.2 Å². The fourth-order valence-corrected chi connectivity index (χ4v) is 5.65. The first-order valence-electron chi connectivity index (χ1n) is 11.1. The summed E-state index contributed by atoms with van der Waals surface area (Å²) in [5, 5.41) is 0. The molecular weight excluding hydrogens is 494 g/mol. The number of carbonyl (C=O) groups excluding carboxylic acids is 1. The predicted molar refractivity (Wildman–Crippen MR) is 129 cm³/mol. The number of hydrogen-bond donors (Lipinski definition) is 0. The quantitative estimate of drug-likeness (QED) is 0.523. The monoisotopic (exact) mass is 525 g/mol. The van der Waals surface area contributed by atoms with Crippen LogP contribution in [0.1, 0.15) is 38.3 Å². The molecule has 11 heteroatoms. The molecule has 1 aliphatic heterocycles. The first-order valence-corrected chi connectivity index (χ1v) is 14.0. The molecule has 0 saturated carbocycles. The Bertz CT molecular complexity index is 1250. The zero-order chi connectivity index (χ0) is 26.0. The Morgan fingerprint density at radius 1 is 0.800 bits per heavy atom. The lowest BCUT2D eigenvalue weighted by Gasteiger charge is -2.37. The molecule has 1 heterocycles. The SMILES string of the molecule is Cc1ccc(S(=O)(=O)O[C@@H]2CCN(C(=O)OC(C)(C)C)C[C@H]2OS(=O)(=O)c2ccc(C)cc2)cc1. The summed E-state index contributed by atoms with van der Waals surface area (Å²) < 4.78 is 68.1. The van der Waals surface area contributed by atoms with Crippen molar-refractivity contribution in [3.63, 3.8) is 0 Å². The highest BCUT2D eigenvalue weighted by atomic mass is 32.2. The number of rotatable bonds is 6. The Morgan fingerprint density at radius 2 is 1.23 bits per heavy atom. The Kier molecular flexibility index (Phi) is 7.95. The number of nitrogens with zero attached hydrogens (tertiary/aromatic N) is 1. The predicted octanol–water partition coefficient (Wildman–Crippen LogP) is 3.79. The van der Waals surface area contributed by atoms with Gasteiger partial charge in [-0.05, 0) is 65.3 Å². The average molecular weight is 526 g/mol. The second-order valence-electron chi connectivity index (χ2n) is 9.52. The van der Waals surface area contributed by atoms with Gasteiger partial charge >= 0.3 is 6.09 Å². The van der Waals surface area contributed by atoms with E-state index < -0.39 is 44.1 Å². The van der Waals surface area contributed by atoms with Gasteiger partial charge in [-0.25, -0.2) is 4.79 Å². The molecular formula is C24H31NO8S2. The largest absolute Gasteiger partial charge is 0.444 e. The van der Waals surface area contributed by atoms with Crippen LogP contribution in [0.4, 0.5) is 4.79 Å². The molecule has 2 aromatic rings. The molecule has 0 unspecified atom stereocenters. The minimum absolute atomic E-state index is 0.0262. The van der Waals surface area contributed by atoms with Gasteiger partial charge in [0.1, 0.15) is 17.8 Å². The number of ether oxygens (including phenoxy) is 1. The van der Waals surface area contributed by atoms with Gasteiger partial charge in [0.2, 0.25) is 0 Å². The zero-order valence-corrected chi connectivity index (χ0v) is 22.1. The van der Waals surface area contributed by atoms with E-state index >= 15 is 0 Å². The lowest BCUT2D eigenvalue weighted by molar-refractivity contribution is -0.0241. The van der Waals surface area contributed by atoms with Crippen LogP contribution in [0, 0.1) is 13.8 Å². The van der Waals surface area contributed by atoms with Gasteiger partial charge in [-0.3, -0.25) is 8.37 Å². The van der Waals surface area contributed by atoms with E-state index in [2.05, 4.69) is 0 Å². The molecule has 0 aromatic heterocycles. The highest BCUT2D eigenvalue weighted by Gasteiger charge is 2.40. The maximum atomic E-state index is 13.0. The topological polar surface area (TPSA) is 116 Å². The molecule has 3 rings (SSSR count). The van der Waals surface area contributed by atoms with Crippen molar-refractivity contribution in [1.82, 2.24) is 4.90 Å².